The molecular formula is C45H55N3O6. The Morgan fingerprint density at radius 3 is 2.52 bits per heavy atom. The van der Waals surface area contributed by atoms with Crippen molar-refractivity contribution in [3.05, 3.63) is 120 Å². The summed E-state index contributed by atoms with van der Waals surface area (Å²) in [5, 5.41) is 55.2. The van der Waals surface area contributed by atoms with Gasteiger partial charge in [0.2, 0.25) is 0 Å². The van der Waals surface area contributed by atoms with Crippen molar-refractivity contribution in [3.8, 4) is 23.3 Å². The van der Waals surface area contributed by atoms with Gasteiger partial charge in [-0.05, 0) is 103 Å². The van der Waals surface area contributed by atoms with Crippen LogP contribution in [0.3, 0.4) is 0 Å². The fourth-order valence-electron chi connectivity index (χ4n) is 8.26. The molecule has 8 N–H and O–H groups in total. The number of allylic oxidation sites excluding steroid dienone is 2. The third-order valence-corrected chi connectivity index (χ3v) is 11.4. The van der Waals surface area contributed by atoms with Crippen molar-refractivity contribution in [2.45, 2.75) is 94.5 Å². The second-order valence-corrected chi connectivity index (χ2v) is 15.3. The van der Waals surface area contributed by atoms with Crippen LogP contribution in [0.25, 0.3) is 0 Å². The molecule has 286 valence electrons. The number of hydrogen-bond donors (Lipinski definition) is 7. The molecule has 54 heavy (non-hydrogen) atoms. The number of benzene rings is 2. The van der Waals surface area contributed by atoms with E-state index >= 15 is 0 Å². The number of aliphatic hydroxyl groups is 4. The molecule has 2 aliphatic carbocycles. The van der Waals surface area contributed by atoms with Gasteiger partial charge in [-0.3, -0.25) is 0 Å². The number of nitrogens with one attached hydrogen (secondary N) is 1. The molecule has 2 aliphatic rings. The maximum Gasteiger partial charge on any atom is 0.161 e. The number of hydrogen-bond acceptors (Lipinski definition) is 8. The molecule has 0 spiro atoms. The Kier molecular flexibility index (Phi) is 13.5. The summed E-state index contributed by atoms with van der Waals surface area (Å²) in [6.45, 7) is 1.73. The summed E-state index contributed by atoms with van der Waals surface area (Å²) < 4.78 is 6.37. The normalized spacial score (nSPS) is 25.2. The second kappa shape index (κ2) is 18.6. The van der Waals surface area contributed by atoms with Gasteiger partial charge in [0.05, 0.1) is 18.8 Å². The van der Waals surface area contributed by atoms with E-state index in [2.05, 4.69) is 59.1 Å². The van der Waals surface area contributed by atoms with E-state index in [1.165, 1.54) is 5.56 Å². The van der Waals surface area contributed by atoms with E-state index in [4.69, 9.17) is 10.5 Å². The van der Waals surface area contributed by atoms with Crippen molar-refractivity contribution in [1.82, 2.24) is 9.97 Å². The zero-order valence-corrected chi connectivity index (χ0v) is 31.0. The number of anilines is 1. The molecule has 2 aromatic heterocycles. The Balaban J connectivity index is 1.24. The summed E-state index contributed by atoms with van der Waals surface area (Å²) in [7, 11) is 0. The molecule has 0 aliphatic heterocycles. The highest BCUT2D eigenvalue weighted by molar-refractivity contribution is 5.44. The quantitative estimate of drug-likeness (QED) is 0.0623. The van der Waals surface area contributed by atoms with Crippen LogP contribution in [-0.2, 0) is 12.8 Å². The van der Waals surface area contributed by atoms with Gasteiger partial charge in [-0.1, -0.05) is 80.2 Å². The minimum absolute atomic E-state index is 0.104. The fourth-order valence-corrected chi connectivity index (χ4v) is 8.26. The molecule has 6 rings (SSSR count). The number of aromatic nitrogens is 2. The molecular weight excluding hydrogens is 679 g/mol. The zero-order valence-electron chi connectivity index (χ0n) is 31.0. The number of ether oxygens (including phenoxy) is 1. The van der Waals surface area contributed by atoms with Gasteiger partial charge in [-0.2, -0.15) is 0 Å². The molecule has 2 heterocycles. The summed E-state index contributed by atoms with van der Waals surface area (Å²) in [4.78, 5) is 7.38. The largest absolute Gasteiger partial charge is 0.504 e. The topological polar surface area (TPSA) is 165 Å². The molecule has 0 radical (unpaired) electrons. The zero-order chi connectivity index (χ0) is 38.0. The van der Waals surface area contributed by atoms with Gasteiger partial charge < -0.3 is 41.0 Å². The van der Waals surface area contributed by atoms with Crippen LogP contribution in [0.5, 0.6) is 11.5 Å². The number of rotatable bonds is 13. The number of phenolic OH excluding ortho intramolecular Hbond substituents is 1. The summed E-state index contributed by atoms with van der Waals surface area (Å²) in [5.41, 5.74) is 10.0. The Bertz CT molecular complexity index is 1850. The van der Waals surface area contributed by atoms with Crippen LogP contribution in [0.2, 0.25) is 0 Å². The lowest BCUT2D eigenvalue weighted by Gasteiger charge is -2.31. The van der Waals surface area contributed by atoms with Gasteiger partial charge in [-0.15, -0.1) is 0 Å². The van der Waals surface area contributed by atoms with Gasteiger partial charge in [0, 0.05) is 41.8 Å². The molecule has 9 nitrogen and oxygen atoms in total. The van der Waals surface area contributed by atoms with Crippen molar-refractivity contribution in [3.63, 3.8) is 0 Å². The molecule has 0 amide bonds. The highest BCUT2D eigenvalue weighted by Crippen LogP contribution is 2.40. The lowest BCUT2D eigenvalue weighted by molar-refractivity contribution is -0.00877. The third-order valence-electron chi connectivity index (χ3n) is 11.4. The SMILES string of the molecule is CC(Cc1ccccc1)C1C#CC2C=CC(c3ccc(O)c(OC(CC(Cc4ccc[nH]4)c4ccnc(N)c4)C(O)CO)c3)CC(O)C2C(O)CCCC1. The summed E-state index contributed by atoms with van der Waals surface area (Å²) in [5.74, 6) is 6.96. The number of fused-ring (bicyclic) bond motifs is 1. The number of nitrogen functional groups attached to an aromatic ring is 1. The van der Waals surface area contributed by atoms with E-state index in [0.717, 1.165) is 42.5 Å². The molecule has 0 saturated carbocycles. The van der Waals surface area contributed by atoms with Crippen LogP contribution in [0.4, 0.5) is 5.82 Å². The van der Waals surface area contributed by atoms with E-state index in [1.54, 1.807) is 24.4 Å². The van der Waals surface area contributed by atoms with Crippen molar-refractivity contribution in [2.24, 2.45) is 23.7 Å². The fraction of sp³-hybridized carbons (Fsp3) is 0.444. The number of nitrogens with zero attached hydrogens (tertiary/aromatic N) is 1. The van der Waals surface area contributed by atoms with Gasteiger partial charge in [0.25, 0.3) is 0 Å². The lowest BCUT2D eigenvalue weighted by atomic mass is 9.78. The van der Waals surface area contributed by atoms with Crippen LogP contribution >= 0.6 is 0 Å². The summed E-state index contributed by atoms with van der Waals surface area (Å²) >= 11 is 0. The molecule has 10 unspecified atom stereocenters. The first-order valence-corrected chi connectivity index (χ1v) is 19.4. The highest BCUT2D eigenvalue weighted by atomic mass is 16.5. The van der Waals surface area contributed by atoms with Crippen molar-refractivity contribution in [1.29, 1.82) is 0 Å². The van der Waals surface area contributed by atoms with Crippen molar-refractivity contribution >= 4 is 5.82 Å². The minimum atomic E-state index is -1.23. The average Bonchev–Trinajstić information content (AvgIpc) is 3.63. The van der Waals surface area contributed by atoms with E-state index in [9.17, 15) is 25.5 Å². The molecule has 10 atom stereocenters. The van der Waals surface area contributed by atoms with E-state index < -0.39 is 36.9 Å². The number of aromatic amines is 1. The monoisotopic (exact) mass is 733 g/mol. The highest BCUT2D eigenvalue weighted by Gasteiger charge is 2.37. The van der Waals surface area contributed by atoms with Crippen LogP contribution in [0, 0.1) is 35.5 Å². The van der Waals surface area contributed by atoms with Crippen LogP contribution in [0.1, 0.15) is 79.7 Å². The number of aromatic hydroxyl groups is 1. The van der Waals surface area contributed by atoms with E-state index in [-0.39, 0.29) is 35.2 Å². The standard InChI is InChI=1S/C45H55N3O6/c1-29(22-30-8-3-2-4-9-30)31-10-5-6-12-39(51)45-32(14-13-31)15-16-33(24-40(45)52)34-17-18-38(50)42(25-34)54-43(41(53)28-49)26-36(23-37-11-7-20-47-37)35-19-21-48-44(46)27-35/h2-4,7-9,11,15-21,25,27,29,31-33,36,39-41,43,45,47,49-53H,5-6,10,12,22-24,26,28H2,1H3,(H2,46,48). The Morgan fingerprint density at radius 1 is 0.944 bits per heavy atom. The predicted octanol–water partition coefficient (Wildman–Crippen LogP) is 6.28. The maximum atomic E-state index is 11.7. The average molecular weight is 734 g/mol. The van der Waals surface area contributed by atoms with Crippen LogP contribution in [0.15, 0.2) is 97.3 Å². The number of pyridine rings is 1. The predicted molar refractivity (Wildman–Crippen MR) is 211 cm³/mol. The van der Waals surface area contributed by atoms with Crippen molar-refractivity contribution in [2.75, 3.05) is 12.3 Å². The van der Waals surface area contributed by atoms with E-state index in [0.29, 0.717) is 37.4 Å². The number of nitrogens with two attached hydrogens (primary N) is 1. The Hall–Kier alpha value is -4.59. The number of phenols is 1. The van der Waals surface area contributed by atoms with E-state index in [1.807, 2.05) is 42.6 Å². The van der Waals surface area contributed by atoms with Gasteiger partial charge in [0.15, 0.2) is 11.5 Å². The van der Waals surface area contributed by atoms with Gasteiger partial charge in [-0.25, -0.2) is 4.98 Å². The Morgan fingerprint density at radius 2 is 1.76 bits per heavy atom. The first-order valence-electron chi connectivity index (χ1n) is 19.4. The van der Waals surface area contributed by atoms with Gasteiger partial charge >= 0.3 is 0 Å². The van der Waals surface area contributed by atoms with Gasteiger partial charge in [0.1, 0.15) is 18.0 Å². The molecule has 0 saturated heterocycles. The van der Waals surface area contributed by atoms with Crippen molar-refractivity contribution < 1.29 is 30.3 Å². The Labute approximate surface area is 319 Å². The summed E-state index contributed by atoms with van der Waals surface area (Å²) in [6.07, 6.45) is 9.63. The molecule has 0 fully saturated rings. The first-order chi connectivity index (χ1) is 26.2. The molecule has 4 aromatic rings. The van der Waals surface area contributed by atoms with Crippen LogP contribution < -0.4 is 10.5 Å². The molecule has 0 bridgehead atoms. The summed E-state index contributed by atoms with van der Waals surface area (Å²) in [6, 6.07) is 23.2. The smallest absolute Gasteiger partial charge is 0.161 e. The lowest BCUT2D eigenvalue weighted by Crippen LogP contribution is -2.37. The first kappa shape index (κ1) is 39.1. The second-order valence-electron chi connectivity index (χ2n) is 15.3. The molecule has 2 aromatic carbocycles. The minimum Gasteiger partial charge on any atom is -0.504 e. The van der Waals surface area contributed by atoms with Crippen LogP contribution in [-0.4, -0.2) is 66.5 Å². The molecule has 9 heteroatoms. The third kappa shape index (κ3) is 10.1. The maximum absolute atomic E-state index is 11.7. The number of H-pyrrole nitrogens is 1. The number of aliphatic hydroxyl groups excluding tert-OH is 4.